The van der Waals surface area contributed by atoms with Gasteiger partial charge < -0.3 is 19.5 Å². The van der Waals surface area contributed by atoms with Crippen LogP contribution in [0.5, 0.6) is 17.2 Å². The highest BCUT2D eigenvalue weighted by molar-refractivity contribution is 5.42. The van der Waals surface area contributed by atoms with E-state index >= 15 is 0 Å². The fraction of sp³-hybridized carbons (Fsp3) is 0.625. The van der Waals surface area contributed by atoms with E-state index in [0.717, 1.165) is 36.1 Å². The summed E-state index contributed by atoms with van der Waals surface area (Å²) in [6.45, 7) is 3.93. The summed E-state index contributed by atoms with van der Waals surface area (Å²) in [5, 5.41) is 3.57. The first-order valence-corrected chi connectivity index (χ1v) is 7.36. The Hall–Kier alpha value is -1.42. The van der Waals surface area contributed by atoms with E-state index in [-0.39, 0.29) is 0 Å². The van der Waals surface area contributed by atoms with Gasteiger partial charge in [0, 0.05) is 24.2 Å². The van der Waals surface area contributed by atoms with Gasteiger partial charge >= 0.3 is 0 Å². The molecule has 0 aromatic heterocycles. The lowest BCUT2D eigenvalue weighted by Gasteiger charge is -2.19. The second kappa shape index (κ2) is 7.39. The van der Waals surface area contributed by atoms with Crippen LogP contribution in [0, 0.1) is 5.92 Å². The van der Waals surface area contributed by atoms with Crippen molar-refractivity contribution in [2.75, 3.05) is 27.4 Å². The molecule has 1 aromatic carbocycles. The van der Waals surface area contributed by atoms with Crippen molar-refractivity contribution < 1.29 is 14.2 Å². The van der Waals surface area contributed by atoms with Crippen molar-refractivity contribution in [3.05, 3.63) is 18.2 Å². The van der Waals surface area contributed by atoms with Gasteiger partial charge in [-0.2, -0.15) is 0 Å². The summed E-state index contributed by atoms with van der Waals surface area (Å²) < 4.78 is 16.4. The van der Waals surface area contributed by atoms with Gasteiger partial charge in [-0.25, -0.2) is 0 Å². The Morgan fingerprint density at radius 2 is 1.70 bits per heavy atom. The minimum Gasteiger partial charge on any atom is -0.496 e. The van der Waals surface area contributed by atoms with Crippen LogP contribution in [0.15, 0.2) is 18.2 Å². The summed E-state index contributed by atoms with van der Waals surface area (Å²) in [5.74, 6) is 3.08. The van der Waals surface area contributed by atoms with E-state index in [1.54, 1.807) is 14.2 Å². The molecule has 1 fully saturated rings. The van der Waals surface area contributed by atoms with Gasteiger partial charge in [-0.15, -0.1) is 0 Å². The Labute approximate surface area is 121 Å². The van der Waals surface area contributed by atoms with Gasteiger partial charge in [0.05, 0.1) is 14.2 Å². The average molecular weight is 279 g/mol. The summed E-state index contributed by atoms with van der Waals surface area (Å²) in [5.41, 5.74) is 0. The van der Waals surface area contributed by atoms with Gasteiger partial charge in [-0.1, -0.05) is 6.92 Å². The first kappa shape index (κ1) is 15.0. The summed E-state index contributed by atoms with van der Waals surface area (Å²) in [4.78, 5) is 0. The molecular weight excluding hydrogens is 254 g/mol. The maximum atomic E-state index is 5.93. The average Bonchev–Trinajstić information content (AvgIpc) is 3.31. The lowest BCUT2D eigenvalue weighted by atomic mass is 10.2. The summed E-state index contributed by atoms with van der Waals surface area (Å²) in [6, 6.07) is 6.09. The van der Waals surface area contributed by atoms with E-state index in [4.69, 9.17) is 14.2 Å². The summed E-state index contributed by atoms with van der Waals surface area (Å²) in [7, 11) is 3.29. The number of ether oxygens (including phenoxy) is 3. The van der Waals surface area contributed by atoms with Crippen molar-refractivity contribution >= 4 is 0 Å². The molecule has 20 heavy (non-hydrogen) atoms. The number of rotatable bonds is 9. The topological polar surface area (TPSA) is 39.7 Å². The third-order valence-corrected chi connectivity index (χ3v) is 3.60. The maximum Gasteiger partial charge on any atom is 0.126 e. The predicted molar refractivity (Wildman–Crippen MR) is 79.8 cm³/mol. The maximum absolute atomic E-state index is 5.93. The van der Waals surface area contributed by atoms with Gasteiger partial charge in [0.1, 0.15) is 23.9 Å². The molecule has 1 atom stereocenters. The van der Waals surface area contributed by atoms with Gasteiger partial charge in [-0.3, -0.25) is 0 Å². The zero-order chi connectivity index (χ0) is 14.4. The SMILES string of the molecule is CCCNC(COc1cc(OC)cc(OC)c1)C1CC1. The highest BCUT2D eigenvalue weighted by Gasteiger charge is 2.31. The van der Waals surface area contributed by atoms with E-state index < -0.39 is 0 Å². The van der Waals surface area contributed by atoms with Crippen molar-refractivity contribution in [1.82, 2.24) is 5.32 Å². The van der Waals surface area contributed by atoms with Gasteiger partial charge in [0.25, 0.3) is 0 Å². The highest BCUT2D eigenvalue weighted by atomic mass is 16.5. The van der Waals surface area contributed by atoms with Gasteiger partial charge in [-0.05, 0) is 31.7 Å². The monoisotopic (exact) mass is 279 g/mol. The van der Waals surface area contributed by atoms with Crippen LogP contribution in [0.25, 0.3) is 0 Å². The number of benzene rings is 1. The fourth-order valence-corrected chi connectivity index (χ4v) is 2.24. The third kappa shape index (κ3) is 4.30. The van der Waals surface area contributed by atoms with Crippen molar-refractivity contribution in [2.45, 2.75) is 32.2 Å². The standard InChI is InChI=1S/C16H25NO3/c1-4-7-17-16(12-5-6-12)11-20-15-9-13(18-2)8-14(10-15)19-3/h8-10,12,16-17H,4-7,11H2,1-3H3. The molecule has 4 nitrogen and oxygen atoms in total. The minimum atomic E-state index is 0.451. The lowest BCUT2D eigenvalue weighted by Crippen LogP contribution is -2.37. The first-order chi connectivity index (χ1) is 9.76. The first-order valence-electron chi connectivity index (χ1n) is 7.36. The molecule has 1 N–H and O–H groups in total. The lowest BCUT2D eigenvalue weighted by molar-refractivity contribution is 0.247. The molecule has 2 rings (SSSR count). The number of nitrogens with one attached hydrogen (secondary N) is 1. The number of hydrogen-bond acceptors (Lipinski definition) is 4. The third-order valence-electron chi connectivity index (χ3n) is 3.60. The van der Waals surface area contributed by atoms with Gasteiger partial charge in [0.15, 0.2) is 0 Å². The molecule has 0 heterocycles. The van der Waals surface area contributed by atoms with Crippen LogP contribution in [0.3, 0.4) is 0 Å². The smallest absolute Gasteiger partial charge is 0.126 e. The molecular formula is C16H25NO3. The van der Waals surface area contributed by atoms with Gasteiger partial charge in [0.2, 0.25) is 0 Å². The Morgan fingerprint density at radius 1 is 1.10 bits per heavy atom. The molecule has 4 heteroatoms. The summed E-state index contributed by atoms with van der Waals surface area (Å²) in [6.07, 6.45) is 3.77. The Balaban J connectivity index is 1.94. The van der Waals surface area contributed by atoms with Crippen molar-refractivity contribution in [1.29, 1.82) is 0 Å². The minimum absolute atomic E-state index is 0.451. The summed E-state index contributed by atoms with van der Waals surface area (Å²) >= 11 is 0. The molecule has 0 aliphatic heterocycles. The fourth-order valence-electron chi connectivity index (χ4n) is 2.24. The molecule has 112 valence electrons. The molecule has 1 unspecified atom stereocenters. The molecule has 1 aliphatic carbocycles. The van der Waals surface area contributed by atoms with Crippen LogP contribution < -0.4 is 19.5 Å². The van der Waals surface area contributed by atoms with E-state index in [1.807, 2.05) is 18.2 Å². The molecule has 1 aromatic rings. The Bertz CT molecular complexity index is 396. The van der Waals surface area contributed by atoms with Crippen LogP contribution in [0.1, 0.15) is 26.2 Å². The van der Waals surface area contributed by atoms with Crippen molar-refractivity contribution in [2.24, 2.45) is 5.92 Å². The number of methoxy groups -OCH3 is 2. The molecule has 0 radical (unpaired) electrons. The number of hydrogen-bond donors (Lipinski definition) is 1. The van der Waals surface area contributed by atoms with Crippen LogP contribution in [-0.2, 0) is 0 Å². The normalized spacial score (nSPS) is 15.8. The van der Waals surface area contributed by atoms with E-state index in [2.05, 4.69) is 12.2 Å². The largest absolute Gasteiger partial charge is 0.496 e. The van der Waals surface area contributed by atoms with Crippen LogP contribution in [0.4, 0.5) is 0 Å². The molecule has 1 saturated carbocycles. The highest BCUT2D eigenvalue weighted by Crippen LogP contribution is 2.33. The zero-order valence-corrected chi connectivity index (χ0v) is 12.6. The quantitative estimate of drug-likeness (QED) is 0.754. The second-order valence-electron chi connectivity index (χ2n) is 5.26. The van der Waals surface area contributed by atoms with E-state index in [0.29, 0.717) is 12.6 Å². The Morgan fingerprint density at radius 3 is 2.20 bits per heavy atom. The molecule has 1 aliphatic rings. The van der Waals surface area contributed by atoms with Crippen molar-refractivity contribution in [3.8, 4) is 17.2 Å². The predicted octanol–water partition coefficient (Wildman–Crippen LogP) is 2.86. The molecule has 0 saturated heterocycles. The van der Waals surface area contributed by atoms with E-state index in [1.165, 1.54) is 12.8 Å². The van der Waals surface area contributed by atoms with Crippen LogP contribution in [-0.4, -0.2) is 33.4 Å². The molecule has 0 spiro atoms. The second-order valence-corrected chi connectivity index (χ2v) is 5.26. The van der Waals surface area contributed by atoms with Crippen LogP contribution in [0.2, 0.25) is 0 Å². The van der Waals surface area contributed by atoms with E-state index in [9.17, 15) is 0 Å². The molecule has 0 amide bonds. The molecule has 0 bridgehead atoms. The zero-order valence-electron chi connectivity index (χ0n) is 12.6. The van der Waals surface area contributed by atoms with Crippen molar-refractivity contribution in [3.63, 3.8) is 0 Å². The Kier molecular flexibility index (Phi) is 5.53. The van der Waals surface area contributed by atoms with Crippen LogP contribution >= 0.6 is 0 Å².